The Balaban J connectivity index is 1.63. The summed E-state index contributed by atoms with van der Waals surface area (Å²) in [5, 5.41) is 1.38. The maximum atomic E-state index is 12.9. The van der Waals surface area contributed by atoms with Gasteiger partial charge in [-0.25, -0.2) is 0 Å². The molecule has 1 unspecified atom stereocenters. The second-order valence-corrected chi connectivity index (χ2v) is 8.07. The second kappa shape index (κ2) is 7.67. The Morgan fingerprint density at radius 2 is 2.00 bits per heavy atom. The van der Waals surface area contributed by atoms with E-state index in [-0.39, 0.29) is 11.5 Å². The number of ether oxygens (including phenoxy) is 1. The molecular formula is C23H32N2O2. The molecule has 0 bridgehead atoms. The van der Waals surface area contributed by atoms with E-state index in [0.717, 1.165) is 64.8 Å². The second-order valence-electron chi connectivity index (χ2n) is 8.07. The van der Waals surface area contributed by atoms with Crippen LogP contribution in [0.2, 0.25) is 0 Å². The van der Waals surface area contributed by atoms with Gasteiger partial charge in [-0.2, -0.15) is 0 Å². The molecule has 1 amide bonds. The average Bonchev–Trinajstić information content (AvgIpc) is 3.03. The average molecular weight is 369 g/mol. The fourth-order valence-electron chi connectivity index (χ4n) is 5.20. The Bertz CT molecular complexity index is 770. The van der Waals surface area contributed by atoms with Crippen molar-refractivity contribution in [2.45, 2.75) is 70.9 Å². The standard InChI is InChI=1S/C23H32N2O2/c1-3-14-24(15-4-2)21(26)10-13-23-12-7-16-25-20-9-6-5-8-18(20)19(22(23)25)11-17-27-23/h5-6,8-9H,3-4,7,10-17H2,1-2H3. The number of hydrogen-bond acceptors (Lipinski definition) is 2. The summed E-state index contributed by atoms with van der Waals surface area (Å²) in [4.78, 5) is 14.9. The maximum Gasteiger partial charge on any atom is 0.222 e. The highest BCUT2D eigenvalue weighted by Crippen LogP contribution is 2.47. The molecule has 0 spiro atoms. The zero-order chi connectivity index (χ0) is 18.9. The SMILES string of the molecule is CCCN(CCC)C(=O)CCC12CCCn3c1c(c1ccccc13)CCO2. The van der Waals surface area contributed by atoms with Crippen molar-refractivity contribution in [1.29, 1.82) is 0 Å². The minimum Gasteiger partial charge on any atom is -0.368 e. The minimum absolute atomic E-state index is 0.273. The number of benzene rings is 1. The summed E-state index contributed by atoms with van der Waals surface area (Å²) >= 11 is 0. The van der Waals surface area contributed by atoms with Crippen molar-refractivity contribution in [3.8, 4) is 0 Å². The van der Waals surface area contributed by atoms with Gasteiger partial charge in [0, 0.05) is 37.0 Å². The normalized spacial score (nSPS) is 21.3. The van der Waals surface area contributed by atoms with Gasteiger partial charge in [-0.3, -0.25) is 4.79 Å². The van der Waals surface area contributed by atoms with Crippen LogP contribution >= 0.6 is 0 Å². The molecule has 3 heterocycles. The molecule has 0 fully saturated rings. The molecule has 146 valence electrons. The summed E-state index contributed by atoms with van der Waals surface area (Å²) in [6, 6.07) is 8.75. The van der Waals surface area contributed by atoms with Crippen LogP contribution in [0.25, 0.3) is 10.9 Å². The van der Waals surface area contributed by atoms with Crippen LogP contribution in [0.1, 0.15) is 63.6 Å². The van der Waals surface area contributed by atoms with Crippen molar-refractivity contribution >= 4 is 16.8 Å². The van der Waals surface area contributed by atoms with Gasteiger partial charge >= 0.3 is 0 Å². The van der Waals surface area contributed by atoms with E-state index in [1.54, 1.807) is 0 Å². The Morgan fingerprint density at radius 1 is 1.22 bits per heavy atom. The van der Waals surface area contributed by atoms with E-state index in [4.69, 9.17) is 4.74 Å². The van der Waals surface area contributed by atoms with Crippen LogP contribution in [0.5, 0.6) is 0 Å². The number of nitrogens with zero attached hydrogens (tertiary/aromatic N) is 2. The number of fused-ring (bicyclic) bond motifs is 3. The molecule has 0 radical (unpaired) electrons. The summed E-state index contributed by atoms with van der Waals surface area (Å²) in [6.45, 7) is 7.85. The van der Waals surface area contributed by atoms with Gasteiger partial charge in [0.15, 0.2) is 0 Å². The molecule has 4 nitrogen and oxygen atoms in total. The van der Waals surface area contributed by atoms with E-state index in [2.05, 4.69) is 42.7 Å². The Hall–Kier alpha value is -1.81. The lowest BCUT2D eigenvalue weighted by Crippen LogP contribution is -2.42. The third kappa shape index (κ3) is 3.18. The summed E-state index contributed by atoms with van der Waals surface area (Å²) in [6.07, 6.45) is 6.56. The van der Waals surface area contributed by atoms with Gasteiger partial charge in [-0.1, -0.05) is 32.0 Å². The third-order valence-corrected chi connectivity index (χ3v) is 6.28. The lowest BCUT2D eigenvalue weighted by Gasteiger charge is -2.42. The number of carbonyl (C=O) groups excluding carboxylic acids is 1. The van der Waals surface area contributed by atoms with Crippen LogP contribution in [0.15, 0.2) is 24.3 Å². The molecule has 4 rings (SSSR count). The molecule has 0 saturated heterocycles. The van der Waals surface area contributed by atoms with Gasteiger partial charge in [0.2, 0.25) is 5.91 Å². The Morgan fingerprint density at radius 3 is 2.78 bits per heavy atom. The smallest absolute Gasteiger partial charge is 0.222 e. The van der Waals surface area contributed by atoms with Gasteiger partial charge in [-0.05, 0) is 50.2 Å². The van der Waals surface area contributed by atoms with Crippen molar-refractivity contribution < 1.29 is 9.53 Å². The highest BCUT2D eigenvalue weighted by atomic mass is 16.5. The molecule has 0 saturated carbocycles. The van der Waals surface area contributed by atoms with Crippen LogP contribution in [0, 0.1) is 0 Å². The number of amides is 1. The van der Waals surface area contributed by atoms with E-state index < -0.39 is 0 Å². The third-order valence-electron chi connectivity index (χ3n) is 6.28. The fraction of sp³-hybridized carbons (Fsp3) is 0.609. The lowest BCUT2D eigenvalue weighted by molar-refractivity contribution is -0.135. The molecule has 1 aromatic heterocycles. The Kier molecular flexibility index (Phi) is 5.27. The number of aryl methyl sites for hydroxylation is 1. The number of rotatable bonds is 7. The molecule has 1 atom stereocenters. The van der Waals surface area contributed by atoms with Crippen molar-refractivity contribution in [2.24, 2.45) is 0 Å². The van der Waals surface area contributed by atoms with Crippen LogP contribution < -0.4 is 0 Å². The molecule has 0 N–H and O–H groups in total. The van der Waals surface area contributed by atoms with Crippen molar-refractivity contribution in [3.63, 3.8) is 0 Å². The number of carbonyl (C=O) groups is 1. The molecule has 2 aromatic rings. The largest absolute Gasteiger partial charge is 0.368 e. The zero-order valence-corrected chi connectivity index (χ0v) is 16.8. The number of hydrogen-bond donors (Lipinski definition) is 0. The first-order valence-corrected chi connectivity index (χ1v) is 10.7. The maximum absolute atomic E-state index is 12.9. The molecule has 0 aliphatic carbocycles. The van der Waals surface area contributed by atoms with Crippen molar-refractivity contribution in [2.75, 3.05) is 19.7 Å². The van der Waals surface area contributed by atoms with Gasteiger partial charge in [-0.15, -0.1) is 0 Å². The summed E-state index contributed by atoms with van der Waals surface area (Å²) in [5.74, 6) is 0.289. The summed E-state index contributed by atoms with van der Waals surface area (Å²) in [7, 11) is 0. The van der Waals surface area contributed by atoms with E-state index in [1.165, 1.54) is 22.2 Å². The quantitative estimate of drug-likeness (QED) is 0.714. The Labute approximate surface area is 162 Å². The van der Waals surface area contributed by atoms with Crippen LogP contribution in [0.4, 0.5) is 0 Å². The number of aromatic nitrogens is 1. The van der Waals surface area contributed by atoms with E-state index >= 15 is 0 Å². The van der Waals surface area contributed by atoms with Crippen LogP contribution in [0.3, 0.4) is 0 Å². The first kappa shape index (κ1) is 18.5. The van der Waals surface area contributed by atoms with E-state index in [1.807, 2.05) is 4.90 Å². The van der Waals surface area contributed by atoms with Crippen LogP contribution in [-0.2, 0) is 28.1 Å². The zero-order valence-electron chi connectivity index (χ0n) is 16.8. The van der Waals surface area contributed by atoms with Crippen LogP contribution in [-0.4, -0.2) is 35.1 Å². The van der Waals surface area contributed by atoms with E-state index in [9.17, 15) is 4.79 Å². The predicted octanol–water partition coefficient (Wildman–Crippen LogP) is 4.63. The lowest BCUT2D eigenvalue weighted by atomic mass is 9.81. The first-order chi connectivity index (χ1) is 13.2. The molecular weight excluding hydrogens is 336 g/mol. The molecule has 27 heavy (non-hydrogen) atoms. The summed E-state index contributed by atoms with van der Waals surface area (Å²) in [5.41, 5.74) is 3.89. The molecule has 2 aliphatic rings. The van der Waals surface area contributed by atoms with Gasteiger partial charge < -0.3 is 14.2 Å². The van der Waals surface area contributed by atoms with Gasteiger partial charge in [0.25, 0.3) is 0 Å². The molecule has 2 aliphatic heterocycles. The minimum atomic E-state index is -0.273. The van der Waals surface area contributed by atoms with Crippen molar-refractivity contribution in [1.82, 2.24) is 9.47 Å². The van der Waals surface area contributed by atoms with E-state index in [0.29, 0.717) is 6.42 Å². The van der Waals surface area contributed by atoms with Crippen molar-refractivity contribution in [3.05, 3.63) is 35.5 Å². The number of para-hydroxylation sites is 1. The summed E-state index contributed by atoms with van der Waals surface area (Å²) < 4.78 is 8.94. The molecule has 1 aromatic carbocycles. The van der Waals surface area contributed by atoms with Gasteiger partial charge in [0.1, 0.15) is 5.60 Å². The monoisotopic (exact) mass is 368 g/mol. The fourth-order valence-corrected chi connectivity index (χ4v) is 5.20. The highest BCUT2D eigenvalue weighted by Gasteiger charge is 2.44. The first-order valence-electron chi connectivity index (χ1n) is 10.7. The molecule has 4 heteroatoms. The van der Waals surface area contributed by atoms with Gasteiger partial charge in [0.05, 0.1) is 12.3 Å². The topological polar surface area (TPSA) is 34.5 Å². The predicted molar refractivity (Wildman–Crippen MR) is 109 cm³/mol. The highest BCUT2D eigenvalue weighted by molar-refractivity contribution is 5.86.